The number of hydrogen-bond donors (Lipinski definition) is 1. The van der Waals surface area contributed by atoms with Gasteiger partial charge in [0.2, 0.25) is 0 Å². The van der Waals surface area contributed by atoms with Crippen LogP contribution < -0.4 is 5.32 Å². The van der Waals surface area contributed by atoms with Crippen LogP contribution in [-0.2, 0) is 16.0 Å². The zero-order valence-corrected chi connectivity index (χ0v) is 15.9. The lowest BCUT2D eigenvalue weighted by Crippen LogP contribution is -2.30. The van der Waals surface area contributed by atoms with Crippen LogP contribution in [0.25, 0.3) is 10.9 Å². The molecule has 0 radical (unpaired) electrons. The molecule has 1 aromatic heterocycles. The second-order valence-electron chi connectivity index (χ2n) is 6.26. The van der Waals surface area contributed by atoms with Gasteiger partial charge >= 0.3 is 5.97 Å². The molecule has 1 heterocycles. The van der Waals surface area contributed by atoms with Crippen molar-refractivity contribution >= 4 is 34.4 Å². The zero-order valence-electron chi connectivity index (χ0n) is 15.2. The predicted molar refractivity (Wildman–Crippen MR) is 105 cm³/mol. The smallest absolute Gasteiger partial charge is 0.340 e. The molecule has 0 aliphatic carbocycles. The minimum Gasteiger partial charge on any atom is -0.452 e. The molecule has 5 nitrogen and oxygen atoms in total. The maximum atomic E-state index is 12.9. The van der Waals surface area contributed by atoms with Gasteiger partial charge in [0.25, 0.3) is 5.91 Å². The molecule has 0 atom stereocenters. The summed E-state index contributed by atoms with van der Waals surface area (Å²) >= 11 is 5.98. The second-order valence-corrected chi connectivity index (χ2v) is 6.70. The third-order valence-corrected chi connectivity index (χ3v) is 4.41. The number of ether oxygens (including phenoxy) is 1. The van der Waals surface area contributed by atoms with Gasteiger partial charge in [-0.2, -0.15) is 0 Å². The van der Waals surface area contributed by atoms with Crippen molar-refractivity contribution in [3.05, 3.63) is 76.2 Å². The van der Waals surface area contributed by atoms with Crippen molar-refractivity contribution in [2.24, 2.45) is 0 Å². The molecule has 0 saturated carbocycles. The van der Waals surface area contributed by atoms with Gasteiger partial charge in [0.1, 0.15) is 5.82 Å². The number of fused-ring (bicyclic) bond motifs is 1. The van der Waals surface area contributed by atoms with Crippen LogP contribution in [0.1, 0.15) is 21.6 Å². The van der Waals surface area contributed by atoms with Gasteiger partial charge in [-0.15, -0.1) is 0 Å². The van der Waals surface area contributed by atoms with E-state index < -0.39 is 18.5 Å². The van der Waals surface area contributed by atoms with E-state index in [0.717, 1.165) is 11.1 Å². The molecule has 3 rings (SSSR count). The van der Waals surface area contributed by atoms with Crippen molar-refractivity contribution in [1.82, 2.24) is 10.3 Å². The number of pyridine rings is 1. The highest BCUT2D eigenvalue weighted by Gasteiger charge is 2.15. The highest BCUT2D eigenvalue weighted by molar-refractivity contribution is 6.31. The molecule has 3 aromatic rings. The lowest BCUT2D eigenvalue weighted by Gasteiger charge is -2.09. The number of halogens is 2. The molecule has 1 amide bonds. The van der Waals surface area contributed by atoms with E-state index in [0.29, 0.717) is 29.1 Å². The van der Waals surface area contributed by atoms with Gasteiger partial charge in [-0.3, -0.25) is 9.78 Å². The van der Waals surface area contributed by atoms with E-state index in [1.165, 1.54) is 12.1 Å². The Kier molecular flexibility index (Phi) is 6.21. The van der Waals surface area contributed by atoms with Crippen molar-refractivity contribution in [2.45, 2.75) is 13.3 Å². The summed E-state index contributed by atoms with van der Waals surface area (Å²) in [6, 6.07) is 12.9. The standard InChI is InChI=1S/C21H18ClFN2O3/c1-13-18(11-15-10-16(22)4-7-19(15)25-13)21(27)28-12-20(26)24-9-8-14-2-5-17(23)6-3-14/h2-7,10-11H,8-9,12H2,1H3,(H,24,26). The van der Waals surface area contributed by atoms with Crippen LogP contribution >= 0.6 is 11.6 Å². The third-order valence-electron chi connectivity index (χ3n) is 4.17. The number of nitrogens with one attached hydrogen (secondary N) is 1. The van der Waals surface area contributed by atoms with Crippen LogP contribution in [0.5, 0.6) is 0 Å². The van der Waals surface area contributed by atoms with Crippen LogP contribution in [0.2, 0.25) is 5.02 Å². The summed E-state index contributed by atoms with van der Waals surface area (Å²) in [5.41, 5.74) is 2.41. The summed E-state index contributed by atoms with van der Waals surface area (Å²) in [7, 11) is 0. The minimum absolute atomic E-state index is 0.286. The van der Waals surface area contributed by atoms with Gasteiger partial charge in [0.15, 0.2) is 6.61 Å². The lowest BCUT2D eigenvalue weighted by atomic mass is 10.1. The van der Waals surface area contributed by atoms with Crippen molar-refractivity contribution in [3.8, 4) is 0 Å². The number of carbonyl (C=O) groups excluding carboxylic acids is 2. The van der Waals surface area contributed by atoms with Crippen LogP contribution in [0.15, 0.2) is 48.5 Å². The normalized spacial score (nSPS) is 10.7. The molecule has 0 bridgehead atoms. The van der Waals surface area contributed by atoms with Gasteiger partial charge in [0, 0.05) is 17.0 Å². The zero-order chi connectivity index (χ0) is 20.1. The first-order chi connectivity index (χ1) is 13.4. The van der Waals surface area contributed by atoms with E-state index in [1.807, 2.05) is 0 Å². The van der Waals surface area contributed by atoms with E-state index in [-0.39, 0.29) is 11.4 Å². The Bertz CT molecular complexity index is 1020. The fourth-order valence-electron chi connectivity index (χ4n) is 2.71. The molecule has 0 aliphatic rings. The Morgan fingerprint density at radius 3 is 2.64 bits per heavy atom. The third kappa shape index (κ3) is 5.04. The maximum Gasteiger partial charge on any atom is 0.340 e. The van der Waals surface area contributed by atoms with E-state index in [4.69, 9.17) is 16.3 Å². The molecule has 0 fully saturated rings. The number of carbonyl (C=O) groups is 2. The quantitative estimate of drug-likeness (QED) is 0.638. The Morgan fingerprint density at radius 1 is 1.14 bits per heavy atom. The van der Waals surface area contributed by atoms with E-state index in [1.54, 1.807) is 43.3 Å². The molecule has 7 heteroatoms. The van der Waals surface area contributed by atoms with Crippen LogP contribution in [0.3, 0.4) is 0 Å². The summed E-state index contributed by atoms with van der Waals surface area (Å²) in [5.74, 6) is -1.34. The summed E-state index contributed by atoms with van der Waals surface area (Å²) in [6.07, 6.45) is 0.550. The first-order valence-electron chi connectivity index (χ1n) is 8.67. The monoisotopic (exact) mass is 400 g/mol. The van der Waals surface area contributed by atoms with Crippen molar-refractivity contribution in [1.29, 1.82) is 0 Å². The van der Waals surface area contributed by atoms with Gasteiger partial charge in [0.05, 0.1) is 16.8 Å². The largest absolute Gasteiger partial charge is 0.452 e. The van der Waals surface area contributed by atoms with E-state index in [9.17, 15) is 14.0 Å². The fraction of sp³-hybridized carbons (Fsp3) is 0.190. The first-order valence-corrected chi connectivity index (χ1v) is 9.05. The molecule has 0 saturated heterocycles. The van der Waals surface area contributed by atoms with Crippen LogP contribution in [0, 0.1) is 12.7 Å². The predicted octanol–water partition coefficient (Wildman–Crippen LogP) is 3.85. The number of rotatable bonds is 6. The minimum atomic E-state index is -0.624. The Labute approximate surface area is 166 Å². The van der Waals surface area contributed by atoms with Crippen molar-refractivity contribution in [2.75, 3.05) is 13.2 Å². The number of hydrogen-bond acceptors (Lipinski definition) is 4. The SMILES string of the molecule is Cc1nc2ccc(Cl)cc2cc1C(=O)OCC(=O)NCCc1ccc(F)cc1. The molecule has 2 aromatic carbocycles. The Balaban J connectivity index is 1.53. The second kappa shape index (κ2) is 8.80. The highest BCUT2D eigenvalue weighted by atomic mass is 35.5. The number of nitrogens with zero attached hydrogens (tertiary/aromatic N) is 1. The van der Waals surface area contributed by atoms with Gasteiger partial charge in [-0.1, -0.05) is 23.7 Å². The molecule has 0 unspecified atom stereocenters. The van der Waals surface area contributed by atoms with Crippen molar-refractivity contribution in [3.63, 3.8) is 0 Å². The highest BCUT2D eigenvalue weighted by Crippen LogP contribution is 2.21. The Morgan fingerprint density at radius 2 is 1.89 bits per heavy atom. The van der Waals surface area contributed by atoms with E-state index >= 15 is 0 Å². The van der Waals surface area contributed by atoms with Crippen LogP contribution in [0.4, 0.5) is 4.39 Å². The lowest BCUT2D eigenvalue weighted by molar-refractivity contribution is -0.124. The summed E-state index contributed by atoms with van der Waals surface area (Å²) in [5, 5.41) is 3.92. The molecule has 0 aliphatic heterocycles. The van der Waals surface area contributed by atoms with Gasteiger partial charge < -0.3 is 10.1 Å². The van der Waals surface area contributed by atoms with Gasteiger partial charge in [-0.05, 0) is 55.3 Å². The topological polar surface area (TPSA) is 68.3 Å². The molecular formula is C21H18ClFN2O3. The molecule has 28 heavy (non-hydrogen) atoms. The number of aryl methyl sites for hydroxylation is 1. The number of esters is 1. The van der Waals surface area contributed by atoms with Crippen LogP contribution in [-0.4, -0.2) is 30.0 Å². The van der Waals surface area contributed by atoms with Crippen molar-refractivity contribution < 1.29 is 18.7 Å². The molecule has 144 valence electrons. The Hall–Kier alpha value is -2.99. The molecule has 0 spiro atoms. The van der Waals surface area contributed by atoms with Gasteiger partial charge in [-0.25, -0.2) is 9.18 Å². The summed E-state index contributed by atoms with van der Waals surface area (Å²) < 4.78 is 18.0. The maximum absolute atomic E-state index is 12.9. The summed E-state index contributed by atoms with van der Waals surface area (Å²) in [6.45, 7) is 1.67. The average molecular weight is 401 g/mol. The number of amides is 1. The summed E-state index contributed by atoms with van der Waals surface area (Å²) in [4.78, 5) is 28.6. The first kappa shape index (κ1) is 19.8. The number of aromatic nitrogens is 1. The number of benzene rings is 2. The molecule has 1 N–H and O–H groups in total. The fourth-order valence-corrected chi connectivity index (χ4v) is 2.89. The molecular weight excluding hydrogens is 383 g/mol. The average Bonchev–Trinajstić information content (AvgIpc) is 2.67. The van der Waals surface area contributed by atoms with E-state index in [2.05, 4.69) is 10.3 Å².